The SMILES string of the molecule is c1ccc([Si]C(CCn2ccc3ccccc32)[Si]c2ccccc2)cc1. The molecule has 0 saturated carbocycles. The second kappa shape index (κ2) is 8.34. The summed E-state index contributed by atoms with van der Waals surface area (Å²) in [5.41, 5.74) is 1.34. The first kappa shape index (κ1) is 17.1. The predicted octanol–water partition coefficient (Wildman–Crippen LogP) is 3.84. The number of hydrogen-bond acceptors (Lipinski definition) is 0. The van der Waals surface area contributed by atoms with Crippen molar-refractivity contribution < 1.29 is 0 Å². The topological polar surface area (TPSA) is 4.93 Å². The molecule has 0 bridgehead atoms. The smallest absolute Gasteiger partial charge is 0.0812 e. The first-order chi connectivity index (χ1) is 12.9. The van der Waals surface area contributed by atoms with Gasteiger partial charge in [0.15, 0.2) is 0 Å². The summed E-state index contributed by atoms with van der Waals surface area (Å²) in [5.74, 6) is 0. The molecular weight excluding hydrogens is 346 g/mol. The fraction of sp³-hybridized carbons (Fsp3) is 0.130. The summed E-state index contributed by atoms with van der Waals surface area (Å²) in [6.45, 7) is 1.08. The molecule has 1 heterocycles. The Morgan fingerprint density at radius 2 is 1.23 bits per heavy atom. The number of fused-ring (bicyclic) bond motifs is 1. The molecule has 0 amide bonds. The monoisotopic (exact) mass is 367 g/mol. The molecule has 1 nitrogen and oxygen atoms in total. The number of aryl methyl sites for hydroxylation is 1. The summed E-state index contributed by atoms with van der Waals surface area (Å²) >= 11 is 0. The Bertz CT molecular complexity index is 906. The molecule has 0 atom stereocenters. The van der Waals surface area contributed by atoms with Crippen LogP contribution in [0.1, 0.15) is 6.42 Å². The molecule has 26 heavy (non-hydrogen) atoms. The quantitative estimate of drug-likeness (QED) is 0.438. The van der Waals surface area contributed by atoms with E-state index in [-0.39, 0.29) is 0 Å². The van der Waals surface area contributed by atoms with E-state index < -0.39 is 0 Å². The van der Waals surface area contributed by atoms with Crippen LogP contribution < -0.4 is 10.4 Å². The lowest BCUT2D eigenvalue weighted by atomic mass is 10.2. The van der Waals surface area contributed by atoms with Crippen molar-refractivity contribution in [3.05, 3.63) is 97.2 Å². The molecule has 126 valence electrons. The van der Waals surface area contributed by atoms with Gasteiger partial charge in [-0.3, -0.25) is 0 Å². The van der Waals surface area contributed by atoms with E-state index >= 15 is 0 Å². The molecule has 3 heteroatoms. The van der Waals surface area contributed by atoms with Crippen molar-refractivity contribution in [1.29, 1.82) is 0 Å². The molecule has 1 aromatic heterocycles. The maximum absolute atomic E-state index is 2.41. The van der Waals surface area contributed by atoms with Crippen LogP contribution >= 0.6 is 0 Å². The van der Waals surface area contributed by atoms with E-state index in [4.69, 9.17) is 0 Å². The van der Waals surface area contributed by atoms with Crippen LogP contribution in [-0.4, -0.2) is 23.6 Å². The lowest BCUT2D eigenvalue weighted by Gasteiger charge is -2.16. The maximum atomic E-state index is 2.41. The highest BCUT2D eigenvalue weighted by molar-refractivity contribution is 6.73. The number of nitrogens with zero attached hydrogens (tertiary/aromatic N) is 1. The zero-order chi connectivity index (χ0) is 17.6. The van der Waals surface area contributed by atoms with Crippen molar-refractivity contribution in [1.82, 2.24) is 4.57 Å². The Balaban J connectivity index is 1.50. The van der Waals surface area contributed by atoms with Crippen LogP contribution in [0.3, 0.4) is 0 Å². The molecule has 4 rings (SSSR count). The van der Waals surface area contributed by atoms with Crippen molar-refractivity contribution in [2.45, 2.75) is 18.1 Å². The maximum Gasteiger partial charge on any atom is 0.0812 e. The third-order valence-corrected chi connectivity index (χ3v) is 8.04. The van der Waals surface area contributed by atoms with Gasteiger partial charge in [-0.25, -0.2) is 0 Å². The Labute approximate surface area is 160 Å². The summed E-state index contributed by atoms with van der Waals surface area (Å²) in [7, 11) is 1.72. The summed E-state index contributed by atoms with van der Waals surface area (Å²) in [4.78, 5) is 0. The van der Waals surface area contributed by atoms with Crippen molar-refractivity contribution in [2.75, 3.05) is 0 Å². The lowest BCUT2D eigenvalue weighted by Crippen LogP contribution is -2.30. The van der Waals surface area contributed by atoms with Crippen LogP contribution in [-0.2, 0) is 6.54 Å². The highest BCUT2D eigenvalue weighted by atomic mass is 28.3. The highest BCUT2D eigenvalue weighted by Gasteiger charge is 2.14. The second-order valence-corrected chi connectivity index (χ2v) is 10.1. The van der Waals surface area contributed by atoms with Crippen LogP contribution in [0.2, 0.25) is 5.16 Å². The van der Waals surface area contributed by atoms with Crippen molar-refractivity contribution >= 4 is 40.3 Å². The van der Waals surface area contributed by atoms with Gasteiger partial charge >= 0.3 is 0 Å². The molecule has 0 N–H and O–H groups in total. The minimum Gasteiger partial charge on any atom is -0.347 e. The van der Waals surface area contributed by atoms with E-state index in [1.807, 2.05) is 0 Å². The highest BCUT2D eigenvalue weighted by Crippen LogP contribution is 2.18. The number of hydrogen-bond donors (Lipinski definition) is 0. The predicted molar refractivity (Wildman–Crippen MR) is 114 cm³/mol. The molecule has 0 fully saturated rings. The molecule has 3 aromatic carbocycles. The van der Waals surface area contributed by atoms with Gasteiger partial charge in [0, 0.05) is 18.3 Å². The minimum absolute atomic E-state index is 0.695. The van der Waals surface area contributed by atoms with Crippen molar-refractivity contribution in [3.63, 3.8) is 0 Å². The van der Waals surface area contributed by atoms with E-state index in [1.54, 1.807) is 0 Å². The van der Waals surface area contributed by atoms with Gasteiger partial charge in [0.05, 0.1) is 19.0 Å². The van der Waals surface area contributed by atoms with Crippen LogP contribution in [0.15, 0.2) is 97.2 Å². The third kappa shape index (κ3) is 4.24. The summed E-state index contributed by atoms with van der Waals surface area (Å²) in [5, 5.41) is 4.97. The van der Waals surface area contributed by atoms with Crippen LogP contribution in [0, 0.1) is 0 Å². The van der Waals surface area contributed by atoms with Crippen molar-refractivity contribution in [3.8, 4) is 0 Å². The molecule has 0 spiro atoms. The fourth-order valence-corrected chi connectivity index (χ4v) is 6.67. The molecule has 0 saturated heterocycles. The van der Waals surface area contributed by atoms with Gasteiger partial charge in [0.2, 0.25) is 0 Å². The van der Waals surface area contributed by atoms with Gasteiger partial charge in [-0.05, 0) is 29.1 Å². The third-order valence-electron chi connectivity index (χ3n) is 4.57. The average Bonchev–Trinajstić information content (AvgIpc) is 3.11. The van der Waals surface area contributed by atoms with Gasteiger partial charge in [-0.15, -0.1) is 0 Å². The van der Waals surface area contributed by atoms with E-state index in [0.29, 0.717) is 5.16 Å². The Kier molecular flexibility index (Phi) is 5.48. The molecular formula is C23H21NSi2. The molecule has 0 aliphatic carbocycles. The zero-order valence-corrected chi connectivity index (χ0v) is 16.7. The summed E-state index contributed by atoms with van der Waals surface area (Å²) in [6.07, 6.45) is 3.44. The number of rotatable bonds is 7. The second-order valence-electron chi connectivity index (χ2n) is 6.43. The van der Waals surface area contributed by atoms with E-state index in [0.717, 1.165) is 25.6 Å². The number of benzene rings is 3. The lowest BCUT2D eigenvalue weighted by molar-refractivity contribution is 0.685. The van der Waals surface area contributed by atoms with E-state index in [9.17, 15) is 0 Å². The molecule has 4 radical (unpaired) electrons. The van der Waals surface area contributed by atoms with Gasteiger partial charge in [0.1, 0.15) is 0 Å². The Morgan fingerprint density at radius 3 is 1.88 bits per heavy atom. The molecule has 0 aliphatic rings. The summed E-state index contributed by atoms with van der Waals surface area (Å²) < 4.78 is 2.41. The minimum atomic E-state index is 0.695. The van der Waals surface area contributed by atoms with Gasteiger partial charge in [-0.1, -0.05) is 89.2 Å². The van der Waals surface area contributed by atoms with Gasteiger partial charge in [-0.2, -0.15) is 0 Å². The molecule has 0 aliphatic heterocycles. The number of aromatic nitrogens is 1. The Hall–Kier alpha value is -2.37. The van der Waals surface area contributed by atoms with Crippen molar-refractivity contribution in [2.24, 2.45) is 0 Å². The summed E-state index contributed by atoms with van der Waals surface area (Å²) in [6, 6.07) is 32.8. The number of para-hydroxylation sites is 1. The van der Waals surface area contributed by atoms with Crippen LogP contribution in [0.5, 0.6) is 0 Å². The van der Waals surface area contributed by atoms with Gasteiger partial charge in [0.25, 0.3) is 0 Å². The van der Waals surface area contributed by atoms with E-state index in [2.05, 4.69) is 102 Å². The van der Waals surface area contributed by atoms with Crippen LogP contribution in [0.25, 0.3) is 10.9 Å². The first-order valence-electron chi connectivity index (χ1n) is 9.05. The molecule has 0 unspecified atom stereocenters. The Morgan fingerprint density at radius 1 is 0.654 bits per heavy atom. The standard InChI is InChI=1S/C23H21NSi2/c1-3-10-20(11-4-1)25-23(26-21-12-5-2-6-13-21)16-18-24-17-15-19-9-7-8-14-22(19)24/h1-15,17,23H,16,18H2. The average molecular weight is 368 g/mol. The van der Waals surface area contributed by atoms with E-state index in [1.165, 1.54) is 27.7 Å². The van der Waals surface area contributed by atoms with Crippen LogP contribution in [0.4, 0.5) is 0 Å². The fourth-order valence-electron chi connectivity index (χ4n) is 3.26. The molecule has 4 aromatic rings. The largest absolute Gasteiger partial charge is 0.347 e. The van der Waals surface area contributed by atoms with Gasteiger partial charge < -0.3 is 4.57 Å². The zero-order valence-electron chi connectivity index (χ0n) is 14.7. The normalized spacial score (nSPS) is 11.3. The first-order valence-corrected chi connectivity index (χ1v) is 11.2.